The Hall–Kier alpha value is -8.32. The lowest BCUT2D eigenvalue weighted by atomic mass is 9.87. The zero-order chi connectivity index (χ0) is 67.9. The third-order valence-corrected chi connectivity index (χ3v) is 19.2. The summed E-state index contributed by atoms with van der Waals surface area (Å²) >= 11 is 0. The fraction of sp³-hybridized carbons (Fsp3) is 0.342. The summed E-state index contributed by atoms with van der Waals surface area (Å²) in [6, 6.07) is 54.1. The van der Waals surface area contributed by atoms with E-state index in [4.69, 9.17) is 9.47 Å². The number of rotatable bonds is 20. The zero-order valence-corrected chi connectivity index (χ0v) is 52.4. The predicted octanol–water partition coefficient (Wildman–Crippen LogP) is 9.42. The van der Waals surface area contributed by atoms with Crippen molar-refractivity contribution >= 4 is 23.2 Å². The van der Waals surface area contributed by atoms with Gasteiger partial charge in [0, 0.05) is 35.3 Å². The molecule has 4 aliphatic rings. The Morgan fingerprint density at radius 1 is 0.427 bits per heavy atom. The maximum absolute atomic E-state index is 13.5. The van der Waals surface area contributed by atoms with Gasteiger partial charge in [0.15, 0.2) is 0 Å². The average molecular weight is 1320 g/mol. The minimum absolute atomic E-state index is 0.0301. The third kappa shape index (κ3) is 15.1. The average Bonchev–Trinajstić information content (AvgIpc) is 1.58. The number of aliphatic hydroxyl groups is 10. The van der Waals surface area contributed by atoms with Gasteiger partial charge in [0.25, 0.3) is 0 Å². The first-order chi connectivity index (χ1) is 46.3. The van der Waals surface area contributed by atoms with Crippen molar-refractivity contribution in [3.63, 3.8) is 0 Å². The van der Waals surface area contributed by atoms with Gasteiger partial charge in [-0.15, -0.1) is 0 Å². The molecule has 20 heteroatoms. The van der Waals surface area contributed by atoms with Gasteiger partial charge in [-0.25, -0.2) is 8.78 Å². The van der Waals surface area contributed by atoms with E-state index in [1.165, 1.54) is 24.3 Å². The number of anilines is 2. The molecule has 12 N–H and O–H groups in total. The maximum Gasteiger partial charge on any atom is 0.227 e. The van der Waals surface area contributed by atoms with Crippen molar-refractivity contribution < 1.29 is 89.1 Å². The Bertz CT molecular complexity index is 3620. The molecule has 0 saturated carbocycles. The molecule has 0 spiro atoms. The molecule has 8 aromatic carbocycles. The van der Waals surface area contributed by atoms with Gasteiger partial charge >= 0.3 is 0 Å². The highest BCUT2D eigenvalue weighted by molar-refractivity contribution is 5.98. The SMILES string of the molecule is O=C1C[C@@H](CCC[C@@H](O)c2ccc(F)cc2)[C@@H](c2ccc(-c3ccc(C4O[C@H](CO)[C@@H](O)[C@H](O)[C@H]4O)cc3)cc2O)N1c1ccccc1.O=C1C[C@H](CCC[C@@H](O)c2ccc(F)cc2)[C@@H](c2ccc(-c3ccc(C4O[C@H](CO)[C@@H](O)[C@H](O)[C@H]4O)cc3)cc2O)N1c1ccccc1. The van der Waals surface area contributed by atoms with Crippen molar-refractivity contribution in [3.8, 4) is 33.8 Å². The predicted molar refractivity (Wildman–Crippen MR) is 352 cm³/mol. The second kappa shape index (κ2) is 30.8. The lowest BCUT2D eigenvalue weighted by Gasteiger charge is -2.40. The van der Waals surface area contributed by atoms with Crippen LogP contribution in [0.1, 0.15) is 121 Å². The van der Waals surface area contributed by atoms with Gasteiger partial charge in [-0.2, -0.15) is 0 Å². The molecule has 0 aliphatic carbocycles. The number of aliphatic hydroxyl groups excluding tert-OH is 10. The quantitative estimate of drug-likeness (QED) is 0.0338. The normalized spacial score (nSPS) is 26.5. The van der Waals surface area contributed by atoms with Gasteiger partial charge in [-0.05, 0) is 143 Å². The second-order valence-corrected chi connectivity index (χ2v) is 25.3. The summed E-state index contributed by atoms with van der Waals surface area (Å²) in [5.41, 5.74) is 7.99. The number of amides is 2. The molecule has 504 valence electrons. The van der Waals surface area contributed by atoms with E-state index in [9.17, 15) is 79.6 Å². The Morgan fingerprint density at radius 3 is 1.10 bits per heavy atom. The van der Waals surface area contributed by atoms with Crippen LogP contribution in [0.5, 0.6) is 11.5 Å². The number of halogens is 2. The highest BCUT2D eigenvalue weighted by atomic mass is 19.1. The first-order valence-corrected chi connectivity index (χ1v) is 32.4. The van der Waals surface area contributed by atoms with E-state index < -0.39 is 98.5 Å². The summed E-state index contributed by atoms with van der Waals surface area (Å²) < 4.78 is 38.1. The Kier molecular flexibility index (Phi) is 22.2. The smallest absolute Gasteiger partial charge is 0.227 e. The second-order valence-electron chi connectivity index (χ2n) is 25.3. The number of carbonyl (C=O) groups excluding carboxylic acids is 2. The summed E-state index contributed by atoms with van der Waals surface area (Å²) in [6.07, 6.45) is -10.1. The summed E-state index contributed by atoms with van der Waals surface area (Å²) in [6.45, 7) is -1.03. The molecule has 18 nitrogen and oxygen atoms in total. The molecule has 8 aromatic rings. The van der Waals surface area contributed by atoms with E-state index in [-0.39, 0.29) is 59.6 Å². The molecule has 12 rings (SSSR count). The Morgan fingerprint density at radius 2 is 0.771 bits per heavy atom. The number of carbonyl (C=O) groups is 2. The van der Waals surface area contributed by atoms with E-state index in [0.29, 0.717) is 83.0 Å². The number of benzene rings is 8. The third-order valence-electron chi connectivity index (χ3n) is 19.2. The number of para-hydroxylation sites is 2. The molecule has 4 saturated heterocycles. The Labute approximate surface area is 554 Å². The number of ether oxygens (including phenoxy) is 2. The van der Waals surface area contributed by atoms with Crippen LogP contribution in [0.15, 0.2) is 194 Å². The lowest BCUT2D eigenvalue weighted by Crippen LogP contribution is -2.55. The highest BCUT2D eigenvalue weighted by Crippen LogP contribution is 2.49. The zero-order valence-electron chi connectivity index (χ0n) is 52.4. The number of hydrogen-bond acceptors (Lipinski definition) is 16. The van der Waals surface area contributed by atoms with Crippen LogP contribution < -0.4 is 9.80 Å². The van der Waals surface area contributed by atoms with Crippen molar-refractivity contribution in [3.05, 3.63) is 239 Å². The molecule has 2 amide bonds. The lowest BCUT2D eigenvalue weighted by molar-refractivity contribution is -0.231. The summed E-state index contributed by atoms with van der Waals surface area (Å²) in [4.78, 5) is 30.4. The maximum atomic E-state index is 13.5. The number of phenolic OH excluding ortho intramolecular Hbond substituents is 2. The number of phenols is 2. The standard InChI is InChI=1S/2C38H40FNO8/c2*39-27-16-13-23(14-17-27)30(42)8-4-5-26-20-33(44)40(28-6-2-1-3-7-28)34(26)29-18-15-25(19-31(29)43)22-9-11-24(12-10-22)38-37(47)36(46)35(45)32(21-41)48-38/h2*1-3,6-7,9-19,26,30,32,34-38,41-43,45-47H,4-5,8,20-21H2/t26-,30+,32+,34-,35+,36-,37+,38?;26-,30-,32-,34+,35-,36+,37-,38?/m01/s1. The van der Waals surface area contributed by atoms with Crippen LogP contribution in [-0.4, -0.2) is 135 Å². The largest absolute Gasteiger partial charge is 0.508 e. The molecule has 4 aliphatic heterocycles. The van der Waals surface area contributed by atoms with E-state index in [1.54, 1.807) is 94.7 Å². The van der Waals surface area contributed by atoms with Crippen LogP contribution in [0.3, 0.4) is 0 Å². The van der Waals surface area contributed by atoms with Crippen molar-refractivity contribution in [2.45, 2.75) is 137 Å². The van der Waals surface area contributed by atoms with Crippen molar-refractivity contribution in [1.82, 2.24) is 0 Å². The minimum Gasteiger partial charge on any atom is -0.508 e. The van der Waals surface area contributed by atoms with Crippen LogP contribution in [0, 0.1) is 23.5 Å². The van der Waals surface area contributed by atoms with Crippen molar-refractivity contribution in [1.29, 1.82) is 0 Å². The van der Waals surface area contributed by atoms with E-state index >= 15 is 0 Å². The topological polar surface area (TPSA) is 302 Å². The Balaban J connectivity index is 0.000000195. The molecule has 0 bridgehead atoms. The van der Waals surface area contributed by atoms with Gasteiger partial charge in [-0.3, -0.25) is 9.59 Å². The molecule has 96 heavy (non-hydrogen) atoms. The minimum atomic E-state index is -1.48. The van der Waals surface area contributed by atoms with Crippen LogP contribution in [0.4, 0.5) is 20.2 Å². The fourth-order valence-electron chi connectivity index (χ4n) is 14.0. The number of hydrogen-bond donors (Lipinski definition) is 12. The van der Waals surface area contributed by atoms with E-state index in [0.717, 1.165) is 22.5 Å². The molecule has 2 unspecified atom stereocenters. The van der Waals surface area contributed by atoms with Gasteiger partial charge in [-0.1, -0.05) is 146 Å². The first kappa shape index (κ1) is 69.0. The van der Waals surface area contributed by atoms with E-state index in [2.05, 4.69) is 0 Å². The monoisotopic (exact) mass is 1310 g/mol. The molecule has 4 fully saturated rings. The molecule has 0 aromatic heterocycles. The fourth-order valence-corrected chi connectivity index (χ4v) is 14.0. The van der Waals surface area contributed by atoms with Crippen LogP contribution >= 0.6 is 0 Å². The van der Waals surface area contributed by atoms with Crippen molar-refractivity contribution in [2.24, 2.45) is 11.8 Å². The first-order valence-electron chi connectivity index (χ1n) is 32.4. The van der Waals surface area contributed by atoms with E-state index in [1.807, 2.05) is 84.9 Å². The van der Waals surface area contributed by atoms with Gasteiger partial charge in [0.1, 0.15) is 84.2 Å². The number of aromatic hydroxyl groups is 2. The highest BCUT2D eigenvalue weighted by Gasteiger charge is 2.47. The van der Waals surface area contributed by atoms with Crippen LogP contribution in [-0.2, 0) is 19.1 Å². The van der Waals surface area contributed by atoms with Gasteiger partial charge in [0.2, 0.25) is 11.8 Å². The molecule has 0 radical (unpaired) electrons. The van der Waals surface area contributed by atoms with Crippen LogP contribution in [0.25, 0.3) is 22.3 Å². The summed E-state index contributed by atoms with van der Waals surface area (Å²) in [5, 5.41) is 125. The van der Waals surface area contributed by atoms with Crippen molar-refractivity contribution in [2.75, 3.05) is 23.0 Å². The van der Waals surface area contributed by atoms with Crippen LogP contribution in [0.2, 0.25) is 0 Å². The summed E-state index contributed by atoms with van der Waals surface area (Å²) in [5.74, 6) is -1.04. The summed E-state index contributed by atoms with van der Waals surface area (Å²) in [7, 11) is 0. The molecular formula is C76H80F2N2O16. The molecular weight excluding hydrogens is 1230 g/mol. The number of nitrogens with zero attached hydrogens (tertiary/aromatic N) is 2. The van der Waals surface area contributed by atoms with Gasteiger partial charge in [0.05, 0.1) is 37.5 Å². The molecule has 16 atom stereocenters. The van der Waals surface area contributed by atoms with Gasteiger partial charge < -0.3 is 80.6 Å². The molecule has 4 heterocycles.